The number of hydrogen-bond acceptors (Lipinski definition) is 9. The maximum Gasteiger partial charge on any atom is 0.343 e. The fourth-order valence-corrected chi connectivity index (χ4v) is 3.28. The van der Waals surface area contributed by atoms with Crippen molar-refractivity contribution in [2.45, 2.75) is 0 Å². The SMILES string of the molecule is COc1cccc(C(=O)Oc2ccc(C=NNC(=O)CNC(=O)c3ccc4c(c3)OCO4)cc2OC)c1. The molecule has 2 amide bonds. The van der Waals surface area contributed by atoms with Crippen LogP contribution in [0.2, 0.25) is 0 Å². The van der Waals surface area contributed by atoms with Crippen molar-refractivity contribution in [1.82, 2.24) is 10.7 Å². The standard InChI is InChI=1S/C26H23N3O8/c1-33-19-5-3-4-18(11-19)26(32)37-21-8-6-16(10-22(21)34-2)13-28-29-24(30)14-27-25(31)17-7-9-20-23(12-17)36-15-35-20/h3-13H,14-15H2,1-2H3,(H,27,31)(H,29,30). The first kappa shape index (κ1) is 25.0. The van der Waals surface area contributed by atoms with Crippen LogP contribution in [0.3, 0.4) is 0 Å². The number of benzene rings is 3. The second kappa shape index (κ2) is 11.6. The van der Waals surface area contributed by atoms with Crippen LogP contribution in [0.25, 0.3) is 0 Å². The van der Waals surface area contributed by atoms with Gasteiger partial charge in [0.1, 0.15) is 5.75 Å². The summed E-state index contributed by atoms with van der Waals surface area (Å²) in [5.41, 5.74) is 3.55. The summed E-state index contributed by atoms with van der Waals surface area (Å²) in [6.45, 7) is -0.184. The predicted molar refractivity (Wildman–Crippen MR) is 132 cm³/mol. The van der Waals surface area contributed by atoms with Gasteiger partial charge in [0.15, 0.2) is 23.0 Å². The molecule has 11 nitrogen and oxygen atoms in total. The number of esters is 1. The van der Waals surface area contributed by atoms with E-state index in [0.717, 1.165) is 0 Å². The summed E-state index contributed by atoms with van der Waals surface area (Å²) < 4.78 is 26.3. The van der Waals surface area contributed by atoms with Gasteiger partial charge in [0.25, 0.3) is 11.8 Å². The van der Waals surface area contributed by atoms with Gasteiger partial charge in [-0.2, -0.15) is 5.10 Å². The third-order valence-corrected chi connectivity index (χ3v) is 5.14. The average Bonchev–Trinajstić information content (AvgIpc) is 3.40. The van der Waals surface area contributed by atoms with Crippen LogP contribution in [0, 0.1) is 0 Å². The van der Waals surface area contributed by atoms with Gasteiger partial charge in [0, 0.05) is 5.56 Å². The molecule has 190 valence electrons. The van der Waals surface area contributed by atoms with Crippen molar-refractivity contribution in [2.24, 2.45) is 5.10 Å². The van der Waals surface area contributed by atoms with Gasteiger partial charge >= 0.3 is 5.97 Å². The van der Waals surface area contributed by atoms with Crippen molar-refractivity contribution < 1.29 is 38.1 Å². The minimum Gasteiger partial charge on any atom is -0.497 e. The Kier molecular flexibility index (Phi) is 7.84. The Hall–Kier alpha value is -5.06. The molecule has 0 fully saturated rings. The lowest BCUT2D eigenvalue weighted by molar-refractivity contribution is -0.120. The number of amides is 2. The highest BCUT2D eigenvalue weighted by molar-refractivity contribution is 5.97. The van der Waals surface area contributed by atoms with Crippen LogP contribution in [0.5, 0.6) is 28.7 Å². The number of fused-ring (bicyclic) bond motifs is 1. The molecule has 1 heterocycles. The van der Waals surface area contributed by atoms with E-state index in [-0.39, 0.29) is 19.1 Å². The number of methoxy groups -OCH3 is 2. The number of carbonyl (C=O) groups excluding carboxylic acids is 3. The monoisotopic (exact) mass is 505 g/mol. The first-order chi connectivity index (χ1) is 18.0. The molecule has 0 unspecified atom stereocenters. The normalized spacial score (nSPS) is 11.6. The second-order valence-electron chi connectivity index (χ2n) is 7.58. The van der Waals surface area contributed by atoms with E-state index in [1.807, 2.05) is 0 Å². The molecule has 0 saturated carbocycles. The summed E-state index contributed by atoms with van der Waals surface area (Å²) in [5, 5.41) is 6.39. The van der Waals surface area contributed by atoms with Gasteiger partial charge in [-0.05, 0) is 60.2 Å². The third kappa shape index (κ3) is 6.34. The lowest BCUT2D eigenvalue weighted by Gasteiger charge is -2.10. The highest BCUT2D eigenvalue weighted by Gasteiger charge is 2.17. The summed E-state index contributed by atoms with van der Waals surface area (Å²) in [4.78, 5) is 36.8. The molecule has 3 aromatic rings. The molecule has 0 spiro atoms. The number of hydrogen-bond donors (Lipinski definition) is 2. The molecule has 3 aromatic carbocycles. The highest BCUT2D eigenvalue weighted by atomic mass is 16.7. The summed E-state index contributed by atoms with van der Waals surface area (Å²) in [5.74, 6) is 0.519. The molecule has 37 heavy (non-hydrogen) atoms. The van der Waals surface area contributed by atoms with Crippen molar-refractivity contribution in [3.8, 4) is 28.7 Å². The Morgan fingerprint density at radius 1 is 0.919 bits per heavy atom. The van der Waals surface area contributed by atoms with Crippen LogP contribution in [-0.4, -0.2) is 51.6 Å². The number of carbonyl (C=O) groups is 3. The van der Waals surface area contributed by atoms with E-state index < -0.39 is 17.8 Å². The van der Waals surface area contributed by atoms with Crippen LogP contribution >= 0.6 is 0 Å². The van der Waals surface area contributed by atoms with E-state index in [9.17, 15) is 14.4 Å². The molecule has 1 aliphatic rings. The summed E-state index contributed by atoms with van der Waals surface area (Å²) in [6, 6.07) is 16.1. The third-order valence-electron chi connectivity index (χ3n) is 5.14. The van der Waals surface area contributed by atoms with Crippen LogP contribution in [0.15, 0.2) is 65.8 Å². The minimum absolute atomic E-state index is 0.101. The fraction of sp³-hybridized carbons (Fsp3) is 0.154. The number of ether oxygens (including phenoxy) is 5. The Labute approximate surface area is 211 Å². The molecule has 4 rings (SSSR count). The molecule has 2 N–H and O–H groups in total. The number of nitrogens with zero attached hydrogens (tertiary/aromatic N) is 1. The van der Waals surface area contributed by atoms with Crippen LogP contribution in [0.4, 0.5) is 0 Å². The van der Waals surface area contributed by atoms with Crippen LogP contribution in [-0.2, 0) is 4.79 Å². The Balaban J connectivity index is 1.29. The maximum atomic E-state index is 12.5. The number of hydrazone groups is 1. The molecule has 1 aliphatic heterocycles. The summed E-state index contributed by atoms with van der Waals surface area (Å²) in [6.07, 6.45) is 1.38. The molecule has 0 atom stereocenters. The zero-order valence-electron chi connectivity index (χ0n) is 20.0. The zero-order valence-corrected chi connectivity index (χ0v) is 20.0. The molecule has 0 radical (unpaired) electrons. The zero-order chi connectivity index (χ0) is 26.2. The minimum atomic E-state index is -0.575. The molecule has 0 bridgehead atoms. The molecule has 0 saturated heterocycles. The van der Waals surface area contributed by atoms with Gasteiger partial charge in [0.05, 0.1) is 32.5 Å². The van der Waals surface area contributed by atoms with E-state index in [2.05, 4.69) is 15.8 Å². The summed E-state index contributed by atoms with van der Waals surface area (Å²) in [7, 11) is 2.94. The second-order valence-corrected chi connectivity index (χ2v) is 7.58. The van der Waals surface area contributed by atoms with Gasteiger partial charge in [-0.3, -0.25) is 9.59 Å². The molecule has 0 aromatic heterocycles. The molecule has 0 aliphatic carbocycles. The van der Waals surface area contributed by atoms with E-state index in [4.69, 9.17) is 23.7 Å². The van der Waals surface area contributed by atoms with Crippen LogP contribution in [0.1, 0.15) is 26.3 Å². The predicted octanol–water partition coefficient (Wildman–Crippen LogP) is 2.53. The molecular weight excluding hydrogens is 482 g/mol. The Morgan fingerprint density at radius 2 is 1.76 bits per heavy atom. The topological polar surface area (TPSA) is 134 Å². The van der Waals surface area contributed by atoms with Crippen molar-refractivity contribution in [2.75, 3.05) is 27.6 Å². The van der Waals surface area contributed by atoms with E-state index >= 15 is 0 Å². The van der Waals surface area contributed by atoms with Gasteiger partial charge < -0.3 is 29.0 Å². The van der Waals surface area contributed by atoms with Gasteiger partial charge in [0.2, 0.25) is 6.79 Å². The van der Waals surface area contributed by atoms with Crippen molar-refractivity contribution in [3.63, 3.8) is 0 Å². The lowest BCUT2D eigenvalue weighted by Crippen LogP contribution is -2.34. The van der Waals surface area contributed by atoms with E-state index in [1.165, 1.54) is 20.4 Å². The smallest absolute Gasteiger partial charge is 0.343 e. The average molecular weight is 505 g/mol. The van der Waals surface area contributed by atoms with E-state index in [0.29, 0.717) is 39.7 Å². The van der Waals surface area contributed by atoms with Crippen LogP contribution < -0.4 is 34.4 Å². The fourth-order valence-electron chi connectivity index (χ4n) is 3.28. The number of rotatable bonds is 9. The lowest BCUT2D eigenvalue weighted by atomic mass is 10.2. The Bertz CT molecular complexity index is 1360. The maximum absolute atomic E-state index is 12.5. The molecular formula is C26H23N3O8. The quantitative estimate of drug-likeness (QED) is 0.196. The van der Waals surface area contributed by atoms with Crippen molar-refractivity contribution in [1.29, 1.82) is 0 Å². The Morgan fingerprint density at radius 3 is 2.57 bits per heavy atom. The van der Waals surface area contributed by atoms with Crippen molar-refractivity contribution in [3.05, 3.63) is 77.4 Å². The van der Waals surface area contributed by atoms with Gasteiger partial charge in [-0.1, -0.05) is 6.07 Å². The van der Waals surface area contributed by atoms with E-state index in [1.54, 1.807) is 60.7 Å². The highest BCUT2D eigenvalue weighted by Crippen LogP contribution is 2.32. The largest absolute Gasteiger partial charge is 0.497 e. The summed E-state index contributed by atoms with van der Waals surface area (Å²) >= 11 is 0. The molecule has 11 heteroatoms. The van der Waals surface area contributed by atoms with Gasteiger partial charge in [-0.25, -0.2) is 10.2 Å². The van der Waals surface area contributed by atoms with Gasteiger partial charge in [-0.15, -0.1) is 0 Å². The van der Waals surface area contributed by atoms with Crippen molar-refractivity contribution >= 4 is 24.0 Å². The number of nitrogens with one attached hydrogen (secondary N) is 2. The first-order valence-corrected chi connectivity index (χ1v) is 11.0. The first-order valence-electron chi connectivity index (χ1n) is 11.0.